The van der Waals surface area contributed by atoms with E-state index in [2.05, 4.69) is 28.7 Å². The lowest BCUT2D eigenvalue weighted by atomic mass is 10.0. The van der Waals surface area contributed by atoms with Gasteiger partial charge in [-0.25, -0.2) is 0 Å². The van der Waals surface area contributed by atoms with Crippen molar-refractivity contribution in [1.82, 2.24) is 4.90 Å². The second kappa shape index (κ2) is 7.17. The highest BCUT2D eigenvalue weighted by molar-refractivity contribution is 14.1. The summed E-state index contributed by atoms with van der Waals surface area (Å²) in [6.45, 7) is 0.296. The summed E-state index contributed by atoms with van der Waals surface area (Å²) in [4.78, 5) is 24.6. The van der Waals surface area contributed by atoms with Crippen LogP contribution in [0.5, 0.6) is 5.75 Å². The third-order valence-electron chi connectivity index (χ3n) is 3.89. The van der Waals surface area contributed by atoms with Crippen LogP contribution in [0, 0.1) is 0 Å². The van der Waals surface area contributed by atoms with Crippen molar-refractivity contribution < 1.29 is 14.3 Å². The molecule has 3 rings (SSSR count). The number of halogens is 1. The van der Waals surface area contributed by atoms with Crippen LogP contribution in [-0.2, 0) is 16.1 Å². The van der Waals surface area contributed by atoms with E-state index in [0.29, 0.717) is 6.54 Å². The van der Waals surface area contributed by atoms with Crippen molar-refractivity contribution in [1.29, 1.82) is 0 Å². The Morgan fingerprint density at radius 1 is 1.00 bits per heavy atom. The molecule has 0 N–H and O–H groups in total. The van der Waals surface area contributed by atoms with Gasteiger partial charge in [0.15, 0.2) is 0 Å². The van der Waals surface area contributed by atoms with E-state index in [1.165, 1.54) is 22.6 Å². The summed E-state index contributed by atoms with van der Waals surface area (Å²) in [7, 11) is 1.65. The summed E-state index contributed by atoms with van der Waals surface area (Å²) in [5, 5.41) is 0. The van der Waals surface area contributed by atoms with Crippen LogP contribution in [0.2, 0.25) is 0 Å². The normalized spacial score (nSPS) is 15.0. The fourth-order valence-electron chi connectivity index (χ4n) is 2.58. The highest BCUT2D eigenvalue weighted by Gasteiger charge is 2.23. The van der Waals surface area contributed by atoms with Gasteiger partial charge in [0.1, 0.15) is 5.75 Å². The van der Waals surface area contributed by atoms with Gasteiger partial charge in [0.25, 0.3) is 11.8 Å². The third-order valence-corrected chi connectivity index (χ3v) is 5.33. The number of methoxy groups -OCH3 is 1. The van der Waals surface area contributed by atoms with Crippen LogP contribution in [0.15, 0.2) is 60.7 Å². The van der Waals surface area contributed by atoms with E-state index in [1.807, 2.05) is 42.5 Å². The highest BCUT2D eigenvalue weighted by atomic mass is 127. The molecule has 1 aliphatic heterocycles. The third kappa shape index (κ3) is 3.51. The molecule has 122 valence electrons. The lowest BCUT2D eigenvalue weighted by molar-refractivity contribution is -0.137. The van der Waals surface area contributed by atoms with Crippen molar-refractivity contribution in [3.05, 3.63) is 77.4 Å². The summed E-state index contributed by atoms with van der Waals surface area (Å²) in [5.41, 5.74) is 3.24. The first-order valence-corrected chi connectivity index (χ1v) is 8.73. The number of benzene rings is 2. The second-order valence-corrected chi connectivity index (χ2v) is 6.72. The Morgan fingerprint density at radius 2 is 1.67 bits per heavy atom. The molecule has 1 unspecified atom stereocenters. The molecule has 2 aromatic rings. The zero-order chi connectivity index (χ0) is 17.1. The van der Waals surface area contributed by atoms with Crippen LogP contribution < -0.4 is 4.74 Å². The number of amides is 2. The lowest BCUT2D eigenvalue weighted by Gasteiger charge is -2.16. The maximum absolute atomic E-state index is 11.7. The molecule has 1 heterocycles. The predicted molar refractivity (Wildman–Crippen MR) is 100.0 cm³/mol. The lowest BCUT2D eigenvalue weighted by Crippen LogP contribution is -2.29. The molecular weight excluding hydrogens is 417 g/mol. The number of rotatable bonds is 5. The Morgan fingerprint density at radius 3 is 2.29 bits per heavy atom. The van der Waals surface area contributed by atoms with Gasteiger partial charge in [-0.3, -0.25) is 14.5 Å². The molecule has 0 saturated carbocycles. The van der Waals surface area contributed by atoms with Crippen LogP contribution >= 0.6 is 22.6 Å². The van der Waals surface area contributed by atoms with Gasteiger partial charge >= 0.3 is 0 Å². The van der Waals surface area contributed by atoms with E-state index in [-0.39, 0.29) is 15.7 Å². The summed E-state index contributed by atoms with van der Waals surface area (Å²) in [5.74, 6) is 0.313. The first-order chi connectivity index (χ1) is 11.6. The average molecular weight is 433 g/mol. The standard InChI is InChI=1S/C19H16INO3/c1-24-16-7-5-14(6-8-16)19(20)15-4-2-3-13(11-15)12-21-17(22)9-10-18(21)23/h2-11,19H,12H2,1H3. The Hall–Kier alpha value is -2.15. The molecule has 0 aromatic heterocycles. The number of hydrogen-bond acceptors (Lipinski definition) is 3. The first kappa shape index (κ1) is 16.7. The maximum atomic E-state index is 11.7. The summed E-state index contributed by atoms with van der Waals surface area (Å²) in [6, 6.07) is 15.9. The average Bonchev–Trinajstić information content (AvgIpc) is 2.93. The van der Waals surface area contributed by atoms with Crippen LogP contribution in [0.25, 0.3) is 0 Å². The zero-order valence-electron chi connectivity index (χ0n) is 13.1. The Balaban J connectivity index is 1.79. The molecule has 2 aromatic carbocycles. The molecule has 0 radical (unpaired) electrons. The minimum atomic E-state index is -0.258. The molecule has 1 aliphatic rings. The monoisotopic (exact) mass is 433 g/mol. The number of nitrogens with zero attached hydrogens (tertiary/aromatic N) is 1. The number of imide groups is 1. The number of alkyl halides is 1. The first-order valence-electron chi connectivity index (χ1n) is 7.49. The SMILES string of the molecule is COc1ccc(C(I)c2cccc(CN3C(=O)C=CC3=O)c2)cc1. The van der Waals surface area contributed by atoms with Crippen molar-refractivity contribution in [2.45, 2.75) is 10.5 Å². The summed E-state index contributed by atoms with van der Waals surface area (Å²) < 4.78 is 5.37. The van der Waals surface area contributed by atoms with Gasteiger partial charge in [0.2, 0.25) is 0 Å². The van der Waals surface area contributed by atoms with Gasteiger partial charge in [-0.1, -0.05) is 59.0 Å². The molecular formula is C19H16INO3. The van der Waals surface area contributed by atoms with Crippen LogP contribution in [0.1, 0.15) is 20.6 Å². The molecule has 1 atom stereocenters. The van der Waals surface area contributed by atoms with E-state index in [0.717, 1.165) is 16.9 Å². The van der Waals surface area contributed by atoms with Gasteiger partial charge in [-0.15, -0.1) is 0 Å². The zero-order valence-corrected chi connectivity index (χ0v) is 15.3. The Kier molecular flexibility index (Phi) is 4.99. The number of hydrogen-bond donors (Lipinski definition) is 0. The van der Waals surface area contributed by atoms with Gasteiger partial charge in [0, 0.05) is 12.2 Å². The fraction of sp³-hybridized carbons (Fsp3) is 0.158. The van der Waals surface area contributed by atoms with Gasteiger partial charge in [-0.05, 0) is 28.8 Å². The summed E-state index contributed by atoms with van der Waals surface area (Å²) in [6.07, 6.45) is 2.62. The fourth-order valence-corrected chi connectivity index (χ4v) is 3.39. The molecule has 0 fully saturated rings. The molecule has 0 saturated heterocycles. The van der Waals surface area contributed by atoms with E-state index >= 15 is 0 Å². The molecule has 0 bridgehead atoms. The topological polar surface area (TPSA) is 46.6 Å². The van der Waals surface area contributed by atoms with Crippen molar-refractivity contribution in [3.63, 3.8) is 0 Å². The number of carbonyl (C=O) groups is 2. The largest absolute Gasteiger partial charge is 0.497 e. The van der Waals surface area contributed by atoms with Crippen molar-refractivity contribution >= 4 is 34.4 Å². The van der Waals surface area contributed by atoms with Crippen LogP contribution in [0.4, 0.5) is 0 Å². The molecule has 0 spiro atoms. The van der Waals surface area contributed by atoms with Crippen molar-refractivity contribution in [2.75, 3.05) is 7.11 Å². The molecule has 5 heteroatoms. The molecule has 0 aliphatic carbocycles. The van der Waals surface area contributed by atoms with Crippen molar-refractivity contribution in [2.24, 2.45) is 0 Å². The maximum Gasteiger partial charge on any atom is 0.253 e. The van der Waals surface area contributed by atoms with Gasteiger partial charge in [-0.2, -0.15) is 0 Å². The van der Waals surface area contributed by atoms with Crippen LogP contribution in [0.3, 0.4) is 0 Å². The van der Waals surface area contributed by atoms with Gasteiger partial charge in [0.05, 0.1) is 17.6 Å². The van der Waals surface area contributed by atoms with E-state index in [9.17, 15) is 9.59 Å². The number of ether oxygens (including phenoxy) is 1. The molecule has 2 amide bonds. The number of carbonyl (C=O) groups excluding carboxylic acids is 2. The van der Waals surface area contributed by atoms with Crippen molar-refractivity contribution in [3.8, 4) is 5.75 Å². The second-order valence-electron chi connectivity index (χ2n) is 5.48. The van der Waals surface area contributed by atoms with Gasteiger partial charge < -0.3 is 4.74 Å². The quantitative estimate of drug-likeness (QED) is 0.411. The molecule has 4 nitrogen and oxygen atoms in total. The predicted octanol–water partition coefficient (Wildman–Crippen LogP) is 3.64. The smallest absolute Gasteiger partial charge is 0.253 e. The van der Waals surface area contributed by atoms with Crippen LogP contribution in [-0.4, -0.2) is 23.8 Å². The highest BCUT2D eigenvalue weighted by Crippen LogP contribution is 2.32. The minimum absolute atomic E-state index is 0.177. The van der Waals surface area contributed by atoms with E-state index in [1.54, 1.807) is 7.11 Å². The minimum Gasteiger partial charge on any atom is -0.497 e. The van der Waals surface area contributed by atoms with E-state index in [4.69, 9.17) is 4.74 Å². The molecule has 24 heavy (non-hydrogen) atoms. The Bertz CT molecular complexity index is 781. The summed E-state index contributed by atoms with van der Waals surface area (Å²) >= 11 is 2.39. The Labute approximate surface area is 154 Å². The van der Waals surface area contributed by atoms with E-state index < -0.39 is 0 Å².